The highest BCUT2D eigenvalue weighted by molar-refractivity contribution is 6.43. The molecule has 14 heavy (non-hydrogen) atoms. The second kappa shape index (κ2) is 4.28. The summed E-state index contributed by atoms with van der Waals surface area (Å²) in [5.41, 5.74) is 0.628. The predicted octanol–water partition coefficient (Wildman–Crippen LogP) is 4.23. The highest BCUT2D eigenvalue weighted by atomic mass is 35.5. The lowest BCUT2D eigenvalue weighted by Gasteiger charge is -2.07. The van der Waals surface area contributed by atoms with Crippen molar-refractivity contribution in [2.75, 3.05) is 0 Å². The van der Waals surface area contributed by atoms with Crippen LogP contribution in [0.2, 0.25) is 10.0 Å². The molecule has 1 rings (SSSR count). The van der Waals surface area contributed by atoms with Crippen LogP contribution in [0.4, 0.5) is 4.39 Å². The molecular weight excluding hydrogens is 226 g/mol. The molecule has 0 aliphatic carbocycles. The Balaban J connectivity index is 3.35. The SMILES string of the molecule is CC(=O)c1cc(C(C)F)cc(Cl)c1Cl. The number of ketones is 1. The first-order valence-corrected chi connectivity index (χ1v) is 4.83. The first kappa shape index (κ1) is 11.5. The molecule has 0 radical (unpaired) electrons. The summed E-state index contributed by atoms with van der Waals surface area (Å²) < 4.78 is 13.0. The van der Waals surface area contributed by atoms with E-state index in [1.807, 2.05) is 0 Å². The van der Waals surface area contributed by atoms with Crippen LogP contribution >= 0.6 is 23.2 Å². The number of halogens is 3. The average Bonchev–Trinajstić information content (AvgIpc) is 2.08. The van der Waals surface area contributed by atoms with E-state index in [9.17, 15) is 9.18 Å². The van der Waals surface area contributed by atoms with Gasteiger partial charge in [0.15, 0.2) is 5.78 Å². The summed E-state index contributed by atoms with van der Waals surface area (Å²) in [7, 11) is 0. The summed E-state index contributed by atoms with van der Waals surface area (Å²) in [6.07, 6.45) is -1.16. The Morgan fingerprint density at radius 3 is 2.43 bits per heavy atom. The number of hydrogen-bond acceptors (Lipinski definition) is 1. The van der Waals surface area contributed by atoms with Gasteiger partial charge < -0.3 is 0 Å². The van der Waals surface area contributed by atoms with E-state index in [2.05, 4.69) is 0 Å². The van der Waals surface area contributed by atoms with Crippen molar-refractivity contribution >= 4 is 29.0 Å². The third-order valence-electron chi connectivity index (χ3n) is 1.89. The molecule has 0 N–H and O–H groups in total. The highest BCUT2D eigenvalue weighted by Crippen LogP contribution is 2.31. The topological polar surface area (TPSA) is 17.1 Å². The molecule has 1 atom stereocenters. The molecule has 0 heterocycles. The van der Waals surface area contributed by atoms with Crippen LogP contribution in [-0.4, -0.2) is 5.78 Å². The largest absolute Gasteiger partial charge is 0.294 e. The van der Waals surface area contributed by atoms with Crippen molar-refractivity contribution in [2.45, 2.75) is 20.0 Å². The Morgan fingerprint density at radius 2 is 2.00 bits per heavy atom. The number of rotatable bonds is 2. The maximum absolute atomic E-state index is 13.0. The predicted molar refractivity (Wildman–Crippen MR) is 56.0 cm³/mol. The maximum Gasteiger partial charge on any atom is 0.161 e. The molecule has 0 amide bonds. The zero-order valence-corrected chi connectivity index (χ0v) is 9.29. The van der Waals surface area contributed by atoms with E-state index in [1.165, 1.54) is 26.0 Å². The van der Waals surface area contributed by atoms with Gasteiger partial charge in [-0.1, -0.05) is 23.2 Å². The van der Waals surface area contributed by atoms with Gasteiger partial charge in [0.25, 0.3) is 0 Å². The van der Waals surface area contributed by atoms with Crippen LogP contribution in [0.5, 0.6) is 0 Å². The van der Waals surface area contributed by atoms with Crippen molar-refractivity contribution in [3.05, 3.63) is 33.3 Å². The highest BCUT2D eigenvalue weighted by Gasteiger charge is 2.13. The fraction of sp³-hybridized carbons (Fsp3) is 0.300. The number of carbonyl (C=O) groups is 1. The van der Waals surface area contributed by atoms with Crippen LogP contribution in [0.15, 0.2) is 12.1 Å². The first-order chi connectivity index (χ1) is 6.43. The summed E-state index contributed by atoms with van der Waals surface area (Å²) in [6.45, 7) is 2.74. The zero-order chi connectivity index (χ0) is 10.9. The average molecular weight is 235 g/mol. The standard InChI is InChI=1S/C10H9Cl2FO/c1-5(13)7-3-8(6(2)14)10(12)9(11)4-7/h3-5H,1-2H3. The van der Waals surface area contributed by atoms with Gasteiger partial charge in [0.2, 0.25) is 0 Å². The van der Waals surface area contributed by atoms with Crippen LogP contribution in [-0.2, 0) is 0 Å². The van der Waals surface area contributed by atoms with E-state index in [0.717, 1.165) is 0 Å². The molecule has 0 fully saturated rings. The minimum Gasteiger partial charge on any atom is -0.294 e. The van der Waals surface area contributed by atoms with Gasteiger partial charge in [0, 0.05) is 5.56 Å². The van der Waals surface area contributed by atoms with Gasteiger partial charge in [0.1, 0.15) is 6.17 Å². The van der Waals surface area contributed by atoms with Crippen LogP contribution in [0, 0.1) is 0 Å². The molecular formula is C10H9Cl2FO. The van der Waals surface area contributed by atoms with Gasteiger partial charge in [-0.2, -0.15) is 0 Å². The molecule has 0 aliphatic rings. The van der Waals surface area contributed by atoms with Crippen molar-refractivity contribution in [1.82, 2.24) is 0 Å². The summed E-state index contributed by atoms with van der Waals surface area (Å²) in [6, 6.07) is 2.86. The molecule has 0 bridgehead atoms. The van der Waals surface area contributed by atoms with Crippen LogP contribution < -0.4 is 0 Å². The van der Waals surface area contributed by atoms with Crippen LogP contribution in [0.3, 0.4) is 0 Å². The van der Waals surface area contributed by atoms with E-state index in [1.54, 1.807) is 0 Å². The second-order valence-corrected chi connectivity index (χ2v) is 3.82. The van der Waals surface area contributed by atoms with E-state index >= 15 is 0 Å². The van der Waals surface area contributed by atoms with Crippen molar-refractivity contribution in [3.63, 3.8) is 0 Å². The Morgan fingerprint density at radius 1 is 1.43 bits per heavy atom. The van der Waals surface area contributed by atoms with Crippen molar-refractivity contribution < 1.29 is 9.18 Å². The molecule has 76 valence electrons. The summed E-state index contributed by atoms with van der Waals surface area (Å²) in [4.78, 5) is 11.1. The zero-order valence-electron chi connectivity index (χ0n) is 7.77. The van der Waals surface area contributed by atoms with E-state index < -0.39 is 6.17 Å². The minimum absolute atomic E-state index is 0.184. The van der Waals surface area contributed by atoms with Gasteiger partial charge in [0.05, 0.1) is 10.0 Å². The Labute approximate surface area is 91.8 Å². The van der Waals surface area contributed by atoms with Crippen molar-refractivity contribution in [2.24, 2.45) is 0 Å². The molecule has 1 unspecified atom stereocenters. The number of carbonyl (C=O) groups excluding carboxylic acids is 1. The smallest absolute Gasteiger partial charge is 0.161 e. The van der Waals surface area contributed by atoms with E-state index in [0.29, 0.717) is 5.56 Å². The molecule has 0 aliphatic heterocycles. The summed E-state index contributed by atoms with van der Waals surface area (Å²) >= 11 is 11.5. The van der Waals surface area contributed by atoms with E-state index in [4.69, 9.17) is 23.2 Å². The molecule has 4 heteroatoms. The molecule has 1 aromatic rings. The molecule has 0 saturated carbocycles. The quantitative estimate of drug-likeness (QED) is 0.701. The van der Waals surface area contributed by atoms with Gasteiger partial charge >= 0.3 is 0 Å². The maximum atomic E-state index is 13.0. The summed E-state index contributed by atoms with van der Waals surface area (Å²) in [5, 5.41) is 0.391. The Hall–Kier alpha value is -0.600. The number of alkyl halides is 1. The molecule has 0 aromatic heterocycles. The first-order valence-electron chi connectivity index (χ1n) is 4.07. The van der Waals surface area contributed by atoms with Gasteiger partial charge in [-0.05, 0) is 31.5 Å². The van der Waals surface area contributed by atoms with Crippen LogP contribution in [0.1, 0.15) is 35.9 Å². The van der Waals surface area contributed by atoms with Gasteiger partial charge in [-0.3, -0.25) is 4.79 Å². The number of benzene rings is 1. The fourth-order valence-corrected chi connectivity index (χ4v) is 1.57. The molecule has 0 spiro atoms. The van der Waals surface area contributed by atoms with Crippen LogP contribution in [0.25, 0.3) is 0 Å². The Kier molecular flexibility index (Phi) is 3.51. The van der Waals surface area contributed by atoms with Gasteiger partial charge in [-0.25, -0.2) is 4.39 Å². The lowest BCUT2D eigenvalue weighted by atomic mass is 10.1. The second-order valence-electron chi connectivity index (χ2n) is 3.04. The third kappa shape index (κ3) is 2.25. The van der Waals surface area contributed by atoms with Gasteiger partial charge in [-0.15, -0.1) is 0 Å². The molecule has 0 saturated heterocycles. The molecule has 1 aromatic carbocycles. The normalized spacial score (nSPS) is 12.6. The number of hydrogen-bond donors (Lipinski definition) is 0. The fourth-order valence-electron chi connectivity index (χ4n) is 1.10. The lowest BCUT2D eigenvalue weighted by molar-refractivity contribution is 0.101. The Bertz CT molecular complexity index is 375. The third-order valence-corrected chi connectivity index (χ3v) is 2.69. The number of Topliss-reactive ketones (excluding diaryl/α,β-unsaturated/α-hetero) is 1. The summed E-state index contributed by atoms with van der Waals surface area (Å²) in [5.74, 6) is -0.223. The lowest BCUT2D eigenvalue weighted by Crippen LogP contribution is -1.97. The molecule has 1 nitrogen and oxygen atoms in total. The minimum atomic E-state index is -1.16. The monoisotopic (exact) mass is 234 g/mol. The van der Waals surface area contributed by atoms with Crippen molar-refractivity contribution in [1.29, 1.82) is 0 Å². The van der Waals surface area contributed by atoms with E-state index in [-0.39, 0.29) is 21.4 Å². The van der Waals surface area contributed by atoms with Crippen molar-refractivity contribution in [3.8, 4) is 0 Å².